The lowest BCUT2D eigenvalue weighted by molar-refractivity contribution is -0.384. The molecule has 0 atom stereocenters. The number of furan rings is 1. The van der Waals surface area contributed by atoms with Crippen molar-refractivity contribution in [1.29, 1.82) is 0 Å². The molecule has 0 bridgehead atoms. The summed E-state index contributed by atoms with van der Waals surface area (Å²) in [7, 11) is 0. The van der Waals surface area contributed by atoms with Crippen molar-refractivity contribution in [2.45, 2.75) is 13.5 Å². The molecule has 2 aromatic rings. The van der Waals surface area contributed by atoms with E-state index in [9.17, 15) is 20.0 Å². The highest BCUT2D eigenvalue weighted by Gasteiger charge is 2.26. The number of carboxylic acid groups (broad SMARTS) is 1. The summed E-state index contributed by atoms with van der Waals surface area (Å²) >= 11 is 0. The Labute approximate surface area is 120 Å². The zero-order chi connectivity index (χ0) is 15.4. The van der Waals surface area contributed by atoms with Crippen LogP contribution in [0.2, 0.25) is 0 Å². The van der Waals surface area contributed by atoms with Gasteiger partial charge in [-0.2, -0.15) is 0 Å². The molecule has 0 saturated carbocycles. The monoisotopic (exact) mass is 290 g/mol. The van der Waals surface area contributed by atoms with E-state index in [0.29, 0.717) is 12.3 Å². The van der Waals surface area contributed by atoms with Crippen LogP contribution < -0.4 is 4.90 Å². The molecule has 0 saturated heterocycles. The molecule has 0 aliphatic heterocycles. The van der Waals surface area contributed by atoms with Gasteiger partial charge in [0, 0.05) is 12.6 Å². The van der Waals surface area contributed by atoms with E-state index in [-0.39, 0.29) is 23.5 Å². The second-order valence-electron chi connectivity index (χ2n) is 4.33. The average Bonchev–Trinajstić information content (AvgIpc) is 2.96. The van der Waals surface area contributed by atoms with Crippen LogP contribution in [0.25, 0.3) is 0 Å². The third kappa shape index (κ3) is 3.02. The van der Waals surface area contributed by atoms with Gasteiger partial charge in [0.15, 0.2) is 0 Å². The zero-order valence-electron chi connectivity index (χ0n) is 11.4. The fourth-order valence-corrected chi connectivity index (χ4v) is 2.12. The van der Waals surface area contributed by atoms with Crippen LogP contribution in [0.3, 0.4) is 0 Å². The van der Waals surface area contributed by atoms with E-state index in [4.69, 9.17) is 4.42 Å². The number of hydrogen-bond donors (Lipinski definition) is 1. The molecule has 21 heavy (non-hydrogen) atoms. The molecule has 0 unspecified atom stereocenters. The number of nitro groups is 1. The topological polar surface area (TPSA) is 96.8 Å². The van der Waals surface area contributed by atoms with Gasteiger partial charge in [0.05, 0.1) is 23.3 Å². The molecule has 1 aromatic heterocycles. The minimum Gasteiger partial charge on any atom is -0.478 e. The Morgan fingerprint density at radius 2 is 2.14 bits per heavy atom. The fourth-order valence-electron chi connectivity index (χ4n) is 2.12. The van der Waals surface area contributed by atoms with Crippen molar-refractivity contribution in [3.05, 3.63) is 58.0 Å². The number of aromatic carboxylic acids is 1. The highest BCUT2D eigenvalue weighted by atomic mass is 16.6. The minimum atomic E-state index is -1.20. The molecule has 1 aromatic carbocycles. The van der Waals surface area contributed by atoms with Crippen LogP contribution in [-0.4, -0.2) is 22.5 Å². The van der Waals surface area contributed by atoms with Crippen LogP contribution in [0, 0.1) is 10.1 Å². The SMILES string of the molecule is CCN(Cc1ccco1)c1c(C(=O)O)cccc1[N+](=O)[O-]. The number of nitrogens with zero attached hydrogens (tertiary/aromatic N) is 2. The summed E-state index contributed by atoms with van der Waals surface area (Å²) in [4.78, 5) is 23.6. The zero-order valence-corrected chi connectivity index (χ0v) is 11.4. The predicted molar refractivity (Wildman–Crippen MR) is 75.5 cm³/mol. The maximum absolute atomic E-state index is 11.3. The molecule has 0 aliphatic carbocycles. The van der Waals surface area contributed by atoms with Crippen molar-refractivity contribution >= 4 is 17.3 Å². The second-order valence-corrected chi connectivity index (χ2v) is 4.33. The van der Waals surface area contributed by atoms with Crippen molar-refractivity contribution < 1.29 is 19.2 Å². The van der Waals surface area contributed by atoms with Gasteiger partial charge in [0.1, 0.15) is 11.4 Å². The van der Waals surface area contributed by atoms with Gasteiger partial charge in [-0.25, -0.2) is 4.79 Å². The van der Waals surface area contributed by atoms with Gasteiger partial charge in [0.25, 0.3) is 5.69 Å². The van der Waals surface area contributed by atoms with E-state index in [1.54, 1.807) is 24.0 Å². The summed E-state index contributed by atoms with van der Waals surface area (Å²) in [6.45, 7) is 2.46. The van der Waals surface area contributed by atoms with Crippen LogP contribution in [0.1, 0.15) is 23.0 Å². The maximum Gasteiger partial charge on any atom is 0.338 e. The number of hydrogen-bond acceptors (Lipinski definition) is 5. The number of carboxylic acids is 1. The van der Waals surface area contributed by atoms with Gasteiger partial charge in [-0.1, -0.05) is 6.07 Å². The Kier molecular flexibility index (Phi) is 4.22. The lowest BCUT2D eigenvalue weighted by Crippen LogP contribution is -2.25. The summed E-state index contributed by atoms with van der Waals surface area (Å²) < 4.78 is 5.23. The van der Waals surface area contributed by atoms with E-state index < -0.39 is 10.9 Å². The number of rotatable bonds is 6. The lowest BCUT2D eigenvalue weighted by Gasteiger charge is -2.23. The van der Waals surface area contributed by atoms with Crippen LogP contribution in [0.4, 0.5) is 11.4 Å². The molecule has 0 fully saturated rings. The summed E-state index contributed by atoms with van der Waals surface area (Å²) in [5.74, 6) is -0.599. The summed E-state index contributed by atoms with van der Waals surface area (Å²) in [5, 5.41) is 20.5. The minimum absolute atomic E-state index is 0.0916. The van der Waals surface area contributed by atoms with E-state index in [2.05, 4.69) is 0 Å². The molecule has 1 N–H and O–H groups in total. The Bertz CT molecular complexity index is 619. The normalized spacial score (nSPS) is 10.3. The molecule has 2 rings (SSSR count). The maximum atomic E-state index is 11.3. The Hall–Kier alpha value is -2.83. The number of benzene rings is 1. The summed E-state index contributed by atoms with van der Waals surface area (Å²) in [5.41, 5.74) is -0.241. The predicted octanol–water partition coefficient (Wildman–Crippen LogP) is 2.91. The molecular weight excluding hydrogens is 276 g/mol. The quantitative estimate of drug-likeness (QED) is 0.649. The molecule has 0 spiro atoms. The first kappa shape index (κ1) is 14.6. The van der Waals surface area contributed by atoms with Crippen molar-refractivity contribution in [3.63, 3.8) is 0 Å². The summed E-state index contributed by atoms with van der Waals surface area (Å²) in [6.07, 6.45) is 1.50. The van der Waals surface area contributed by atoms with Crippen LogP contribution >= 0.6 is 0 Å². The molecule has 0 aliphatic rings. The molecule has 7 nitrogen and oxygen atoms in total. The van der Waals surface area contributed by atoms with E-state index in [1.807, 2.05) is 0 Å². The fraction of sp³-hybridized carbons (Fsp3) is 0.214. The number of nitro benzene ring substituents is 1. The van der Waals surface area contributed by atoms with Crippen molar-refractivity contribution in [1.82, 2.24) is 0 Å². The van der Waals surface area contributed by atoms with Crippen LogP contribution in [0.15, 0.2) is 41.0 Å². The summed E-state index contributed by atoms with van der Waals surface area (Å²) in [6, 6.07) is 7.46. The van der Waals surface area contributed by atoms with Crippen molar-refractivity contribution in [2.75, 3.05) is 11.4 Å². The van der Waals surface area contributed by atoms with Gasteiger partial charge < -0.3 is 14.4 Å². The highest BCUT2D eigenvalue weighted by molar-refractivity contribution is 5.97. The van der Waals surface area contributed by atoms with Crippen molar-refractivity contribution in [2.24, 2.45) is 0 Å². The van der Waals surface area contributed by atoms with Gasteiger partial charge in [-0.3, -0.25) is 10.1 Å². The first-order valence-corrected chi connectivity index (χ1v) is 6.32. The van der Waals surface area contributed by atoms with Gasteiger partial charge in [-0.05, 0) is 25.1 Å². The number of para-hydroxylation sites is 1. The smallest absolute Gasteiger partial charge is 0.338 e. The van der Waals surface area contributed by atoms with Gasteiger partial charge in [0.2, 0.25) is 0 Å². The van der Waals surface area contributed by atoms with Crippen LogP contribution in [0.5, 0.6) is 0 Å². The Balaban J connectivity index is 2.52. The third-order valence-corrected chi connectivity index (χ3v) is 3.07. The molecule has 110 valence electrons. The molecule has 1 heterocycles. The third-order valence-electron chi connectivity index (χ3n) is 3.07. The first-order valence-electron chi connectivity index (χ1n) is 6.32. The van der Waals surface area contributed by atoms with E-state index in [0.717, 1.165) is 0 Å². The lowest BCUT2D eigenvalue weighted by atomic mass is 10.1. The van der Waals surface area contributed by atoms with Crippen molar-refractivity contribution in [3.8, 4) is 0 Å². The highest BCUT2D eigenvalue weighted by Crippen LogP contribution is 2.33. The molecule has 0 amide bonds. The standard InChI is InChI=1S/C14H14N2O5/c1-2-15(9-10-5-4-8-21-10)13-11(14(17)18)6-3-7-12(13)16(19)20/h3-8H,2,9H2,1H3,(H,17,18). The first-order chi connectivity index (χ1) is 10.0. The van der Waals surface area contributed by atoms with Gasteiger partial charge in [-0.15, -0.1) is 0 Å². The number of carbonyl (C=O) groups is 1. The average molecular weight is 290 g/mol. The molecular formula is C14H14N2O5. The van der Waals surface area contributed by atoms with E-state index in [1.165, 1.54) is 24.5 Å². The number of anilines is 1. The van der Waals surface area contributed by atoms with Crippen LogP contribution in [-0.2, 0) is 6.54 Å². The largest absolute Gasteiger partial charge is 0.478 e. The van der Waals surface area contributed by atoms with Gasteiger partial charge >= 0.3 is 5.97 Å². The Morgan fingerprint density at radius 1 is 1.38 bits per heavy atom. The second kappa shape index (κ2) is 6.08. The molecule has 0 radical (unpaired) electrons. The van der Waals surface area contributed by atoms with E-state index >= 15 is 0 Å². The Morgan fingerprint density at radius 3 is 2.67 bits per heavy atom. The molecule has 7 heteroatoms.